The first kappa shape index (κ1) is 17.9. The van der Waals surface area contributed by atoms with Gasteiger partial charge in [0.25, 0.3) is 5.91 Å². The third-order valence-corrected chi connectivity index (χ3v) is 5.13. The normalized spacial score (nSPS) is 11.5. The van der Waals surface area contributed by atoms with Crippen LogP contribution in [-0.4, -0.2) is 10.9 Å². The lowest BCUT2D eigenvalue weighted by molar-refractivity contribution is -0.112. The molecule has 2 aromatic heterocycles. The molecule has 0 aliphatic heterocycles. The molecule has 28 heavy (non-hydrogen) atoms. The van der Waals surface area contributed by atoms with Crippen molar-refractivity contribution in [2.45, 2.75) is 0 Å². The molecule has 0 saturated carbocycles. The lowest BCUT2D eigenvalue weighted by Gasteiger charge is -2.01. The molecule has 1 amide bonds. The molecule has 0 unspecified atom stereocenters. The summed E-state index contributed by atoms with van der Waals surface area (Å²) in [6.45, 7) is 0. The minimum absolute atomic E-state index is 0.0748. The second-order valence-corrected chi connectivity index (χ2v) is 7.24. The summed E-state index contributed by atoms with van der Waals surface area (Å²) in [5.74, 6) is -0.660. The number of anilines is 1. The molecule has 2 aromatic carbocycles. The van der Waals surface area contributed by atoms with Crippen molar-refractivity contribution in [3.05, 3.63) is 75.1 Å². The average Bonchev–Trinajstić information content (AvgIpc) is 3.10. The number of fused-ring (bicyclic) bond motifs is 2. The van der Waals surface area contributed by atoms with E-state index in [1.807, 2.05) is 30.3 Å². The lowest BCUT2D eigenvalue weighted by atomic mass is 10.1. The number of nitrogens with one attached hydrogen (secondary N) is 1. The van der Waals surface area contributed by atoms with Crippen LogP contribution < -0.4 is 10.7 Å². The average molecular weight is 408 g/mol. The van der Waals surface area contributed by atoms with Crippen LogP contribution in [0.3, 0.4) is 0 Å². The summed E-state index contributed by atoms with van der Waals surface area (Å²) >= 11 is 7.22. The van der Waals surface area contributed by atoms with Crippen LogP contribution in [0.4, 0.5) is 5.13 Å². The van der Waals surface area contributed by atoms with Gasteiger partial charge in [-0.2, -0.15) is 5.26 Å². The molecule has 6 nitrogen and oxygen atoms in total. The smallest absolute Gasteiger partial charge is 0.268 e. The Morgan fingerprint density at radius 1 is 1.29 bits per heavy atom. The Kier molecular flexibility index (Phi) is 4.65. The number of nitriles is 1. The number of aromatic nitrogens is 1. The Morgan fingerprint density at radius 3 is 2.89 bits per heavy atom. The highest BCUT2D eigenvalue weighted by Gasteiger charge is 2.14. The van der Waals surface area contributed by atoms with Crippen molar-refractivity contribution in [2.75, 3.05) is 5.32 Å². The van der Waals surface area contributed by atoms with E-state index in [0.29, 0.717) is 15.7 Å². The SMILES string of the molecule is N#C/C(=C\c1coc2ccc(Cl)cc2c1=O)C(=O)Nc1nc2ccccc2s1. The number of halogens is 1. The second kappa shape index (κ2) is 7.27. The number of hydrogen-bond donors (Lipinski definition) is 1. The van der Waals surface area contributed by atoms with Gasteiger partial charge in [0, 0.05) is 5.02 Å². The maximum Gasteiger partial charge on any atom is 0.268 e. The maximum absolute atomic E-state index is 12.6. The van der Waals surface area contributed by atoms with Gasteiger partial charge in [-0.1, -0.05) is 35.1 Å². The van der Waals surface area contributed by atoms with Gasteiger partial charge >= 0.3 is 0 Å². The molecular formula is C20H10ClN3O3S. The molecule has 0 atom stereocenters. The molecule has 0 aliphatic carbocycles. The van der Waals surface area contributed by atoms with Crippen LogP contribution in [0.1, 0.15) is 5.56 Å². The molecular weight excluding hydrogens is 398 g/mol. The highest BCUT2D eigenvalue weighted by molar-refractivity contribution is 7.22. The molecule has 0 fully saturated rings. The van der Waals surface area contributed by atoms with Gasteiger partial charge < -0.3 is 4.42 Å². The van der Waals surface area contributed by atoms with Gasteiger partial charge in [-0.15, -0.1) is 0 Å². The predicted molar refractivity (Wildman–Crippen MR) is 109 cm³/mol. The summed E-state index contributed by atoms with van der Waals surface area (Å²) < 4.78 is 6.32. The summed E-state index contributed by atoms with van der Waals surface area (Å²) in [7, 11) is 0. The van der Waals surface area contributed by atoms with E-state index in [9.17, 15) is 14.9 Å². The van der Waals surface area contributed by atoms with Crippen LogP contribution in [0.2, 0.25) is 5.02 Å². The van der Waals surface area contributed by atoms with Gasteiger partial charge in [-0.3, -0.25) is 14.9 Å². The van der Waals surface area contributed by atoms with E-state index in [2.05, 4.69) is 10.3 Å². The van der Waals surface area contributed by atoms with Crippen molar-refractivity contribution < 1.29 is 9.21 Å². The number of carbonyl (C=O) groups excluding carboxylic acids is 1. The summed E-state index contributed by atoms with van der Waals surface area (Å²) in [5.41, 5.74) is 0.560. The van der Waals surface area contributed by atoms with Crippen LogP contribution in [0.25, 0.3) is 27.3 Å². The highest BCUT2D eigenvalue weighted by atomic mass is 35.5. The van der Waals surface area contributed by atoms with Crippen LogP contribution in [-0.2, 0) is 4.79 Å². The number of hydrogen-bond acceptors (Lipinski definition) is 6. The second-order valence-electron chi connectivity index (χ2n) is 5.77. The first-order valence-electron chi connectivity index (χ1n) is 8.05. The topological polar surface area (TPSA) is 96.0 Å². The summed E-state index contributed by atoms with van der Waals surface area (Å²) in [6, 6.07) is 13.9. The third kappa shape index (κ3) is 3.39. The zero-order chi connectivity index (χ0) is 19.7. The number of thiazole rings is 1. The molecule has 2 heterocycles. The van der Waals surface area contributed by atoms with Crippen molar-refractivity contribution in [1.29, 1.82) is 5.26 Å². The molecule has 0 bridgehead atoms. The fourth-order valence-electron chi connectivity index (χ4n) is 2.61. The van der Waals surface area contributed by atoms with E-state index >= 15 is 0 Å². The summed E-state index contributed by atoms with van der Waals surface area (Å²) in [4.78, 5) is 29.4. The van der Waals surface area contributed by atoms with E-state index in [4.69, 9.17) is 16.0 Å². The zero-order valence-corrected chi connectivity index (χ0v) is 15.7. The lowest BCUT2D eigenvalue weighted by Crippen LogP contribution is -2.14. The predicted octanol–water partition coefficient (Wildman–Crippen LogP) is 4.60. The van der Waals surface area contributed by atoms with Crippen molar-refractivity contribution in [3.8, 4) is 6.07 Å². The van der Waals surface area contributed by atoms with Gasteiger partial charge in [0.1, 0.15) is 23.5 Å². The standard InChI is InChI=1S/C20H10ClN3O3S/c21-13-5-6-16-14(8-13)18(25)12(10-27-16)7-11(9-22)19(26)24-20-23-15-3-1-2-4-17(15)28-20/h1-8,10H,(H,23,24,26)/b11-7+. The van der Waals surface area contributed by atoms with Gasteiger partial charge in [-0.25, -0.2) is 4.98 Å². The molecule has 0 spiro atoms. The Morgan fingerprint density at radius 2 is 2.11 bits per heavy atom. The highest BCUT2D eigenvalue weighted by Crippen LogP contribution is 2.26. The quantitative estimate of drug-likeness (QED) is 0.395. The first-order chi connectivity index (χ1) is 13.5. The van der Waals surface area contributed by atoms with E-state index < -0.39 is 5.91 Å². The fourth-order valence-corrected chi connectivity index (χ4v) is 3.65. The molecule has 8 heteroatoms. The van der Waals surface area contributed by atoms with Gasteiger partial charge in [0.2, 0.25) is 0 Å². The molecule has 4 aromatic rings. The van der Waals surface area contributed by atoms with Gasteiger partial charge in [0.05, 0.1) is 21.2 Å². The molecule has 0 aliphatic rings. The maximum atomic E-state index is 12.6. The molecule has 4 rings (SSSR count). The minimum atomic E-state index is -0.660. The minimum Gasteiger partial charge on any atom is -0.463 e. The van der Waals surface area contributed by atoms with E-state index in [1.165, 1.54) is 29.7 Å². The molecule has 0 saturated heterocycles. The summed E-state index contributed by atoms with van der Waals surface area (Å²) in [5, 5.41) is 13.0. The van der Waals surface area contributed by atoms with Crippen LogP contribution >= 0.6 is 22.9 Å². The van der Waals surface area contributed by atoms with Gasteiger partial charge in [-0.05, 0) is 36.4 Å². The number of carbonyl (C=O) groups is 1. The monoisotopic (exact) mass is 407 g/mol. The third-order valence-electron chi connectivity index (χ3n) is 3.94. The first-order valence-corrected chi connectivity index (χ1v) is 9.24. The zero-order valence-electron chi connectivity index (χ0n) is 14.1. The van der Waals surface area contributed by atoms with Crippen LogP contribution in [0.5, 0.6) is 0 Å². The summed E-state index contributed by atoms with van der Waals surface area (Å²) in [6.07, 6.45) is 2.40. The van der Waals surface area contributed by atoms with Crippen molar-refractivity contribution in [3.63, 3.8) is 0 Å². The van der Waals surface area contributed by atoms with E-state index in [0.717, 1.165) is 10.2 Å². The Hall–Kier alpha value is -3.47. The number of rotatable bonds is 3. The van der Waals surface area contributed by atoms with Gasteiger partial charge in [0.15, 0.2) is 10.6 Å². The molecule has 136 valence electrons. The Bertz CT molecular complexity index is 1330. The number of para-hydroxylation sites is 1. The molecule has 1 N–H and O–H groups in total. The number of amides is 1. The van der Waals surface area contributed by atoms with Crippen molar-refractivity contribution in [2.24, 2.45) is 0 Å². The Balaban J connectivity index is 1.68. The van der Waals surface area contributed by atoms with E-state index in [-0.39, 0.29) is 22.0 Å². The van der Waals surface area contributed by atoms with Crippen molar-refractivity contribution in [1.82, 2.24) is 4.98 Å². The van der Waals surface area contributed by atoms with Crippen LogP contribution in [0.15, 0.2) is 63.5 Å². The Labute approximate surface area is 167 Å². The molecule has 0 radical (unpaired) electrons. The fraction of sp³-hybridized carbons (Fsp3) is 0. The number of nitrogens with zero attached hydrogens (tertiary/aromatic N) is 2. The largest absolute Gasteiger partial charge is 0.463 e. The van der Waals surface area contributed by atoms with Crippen molar-refractivity contribution >= 4 is 61.2 Å². The van der Waals surface area contributed by atoms with Crippen LogP contribution in [0, 0.1) is 11.3 Å². The van der Waals surface area contributed by atoms with E-state index in [1.54, 1.807) is 12.1 Å². The number of benzene rings is 2.